The predicted octanol–water partition coefficient (Wildman–Crippen LogP) is 7.95. The lowest BCUT2D eigenvalue weighted by molar-refractivity contribution is -0.00334. The first kappa shape index (κ1) is 39.8. The summed E-state index contributed by atoms with van der Waals surface area (Å²) >= 11 is 0. The van der Waals surface area contributed by atoms with Gasteiger partial charge >= 0.3 is 0 Å². The number of phenolic OH excluding ortho intramolecular Hbond substituents is 1. The van der Waals surface area contributed by atoms with Gasteiger partial charge in [-0.15, -0.1) is 0 Å². The van der Waals surface area contributed by atoms with Gasteiger partial charge in [0.15, 0.2) is 23.5 Å². The van der Waals surface area contributed by atoms with Crippen molar-refractivity contribution in [3.8, 4) is 45.6 Å². The molecule has 2 fully saturated rings. The second-order valence-electron chi connectivity index (χ2n) is 17.1. The number of aliphatic hydroxyl groups is 3. The summed E-state index contributed by atoms with van der Waals surface area (Å²) in [4.78, 5) is 0. The average molecular weight is 807 g/mol. The standard InChI is InChI=1S/C48H58N2O9/c1-4-49-48(19-9-6-10-20-48)59-37-24-35(55-2)31-15-16-32-40-34(50-46(54)43(37)42(31)40)23-36-41(32)44(52)33(27-58-36)28-21-38(56-3)45(53)39(22-28)57-26-30(25-51)47(17-11-12-18-47)29-13-7-5-8-14-29/h5,7-8,13-14,21-24,30,33,44,46,49-54H,4,6,9-12,15-20,25-27H2,1-3H3/t30-,33+,44+,46-/m1/s1. The van der Waals surface area contributed by atoms with E-state index in [1.165, 1.54) is 19.1 Å². The van der Waals surface area contributed by atoms with E-state index in [0.717, 1.165) is 85.9 Å². The molecule has 0 saturated heterocycles. The van der Waals surface area contributed by atoms with Gasteiger partial charge < -0.3 is 49.4 Å². The monoisotopic (exact) mass is 806 g/mol. The fourth-order valence-corrected chi connectivity index (χ4v) is 11.2. The molecule has 314 valence electrons. The van der Waals surface area contributed by atoms with Gasteiger partial charge in [0.25, 0.3) is 0 Å². The summed E-state index contributed by atoms with van der Waals surface area (Å²) < 4.78 is 31.6. The SMILES string of the molecule is CCNC1(Oc2cc(OC)c3c4c2[C@@H](O)Nc2cc5c(c(c2-4)CC3)[C@@H](O)[C@H](c2cc(OC)c(O)c(OC[C@@H](CO)C3(c4ccccc4)CCCC3)c2)CO5)CCCCC1. The van der Waals surface area contributed by atoms with Crippen molar-refractivity contribution in [2.24, 2.45) is 5.92 Å². The molecule has 2 aliphatic heterocycles. The van der Waals surface area contributed by atoms with E-state index in [2.05, 4.69) is 29.7 Å². The number of aromatic hydroxyl groups is 1. The van der Waals surface area contributed by atoms with Crippen LogP contribution in [0.2, 0.25) is 0 Å². The molecular weight excluding hydrogens is 749 g/mol. The molecule has 9 rings (SSSR count). The fourth-order valence-electron chi connectivity index (χ4n) is 11.2. The van der Waals surface area contributed by atoms with Gasteiger partial charge in [0, 0.05) is 76.8 Å². The van der Waals surface area contributed by atoms with E-state index in [1.54, 1.807) is 19.2 Å². The number of rotatable bonds is 13. The predicted molar refractivity (Wildman–Crippen MR) is 225 cm³/mol. The molecule has 0 spiro atoms. The number of hydrogen-bond acceptors (Lipinski definition) is 11. The minimum Gasteiger partial charge on any atom is -0.502 e. The molecule has 4 aromatic carbocycles. The number of phenols is 1. The van der Waals surface area contributed by atoms with Crippen LogP contribution >= 0.6 is 0 Å². The second-order valence-corrected chi connectivity index (χ2v) is 17.1. The maximum Gasteiger partial charge on any atom is 0.200 e. The molecule has 4 aromatic rings. The summed E-state index contributed by atoms with van der Waals surface area (Å²) in [5.41, 5.74) is 7.01. The molecule has 6 N–H and O–H groups in total. The first-order valence-electron chi connectivity index (χ1n) is 21.6. The van der Waals surface area contributed by atoms with E-state index >= 15 is 0 Å². The molecule has 4 atom stereocenters. The van der Waals surface area contributed by atoms with Crippen LogP contribution in [0.5, 0.6) is 34.5 Å². The van der Waals surface area contributed by atoms with Gasteiger partial charge in [0.05, 0.1) is 39.1 Å². The molecule has 2 heterocycles. The second kappa shape index (κ2) is 16.1. The number of ether oxygens (including phenoxy) is 5. The highest BCUT2D eigenvalue weighted by atomic mass is 16.5. The lowest BCUT2D eigenvalue weighted by atomic mass is 9.69. The third kappa shape index (κ3) is 6.74. The van der Waals surface area contributed by atoms with Crippen LogP contribution in [-0.4, -0.2) is 66.7 Å². The van der Waals surface area contributed by atoms with E-state index in [0.29, 0.717) is 46.8 Å². The summed E-state index contributed by atoms with van der Waals surface area (Å²) in [6.45, 7) is 3.15. The van der Waals surface area contributed by atoms with Gasteiger partial charge in [-0.25, -0.2) is 0 Å². The van der Waals surface area contributed by atoms with Crippen molar-refractivity contribution in [3.63, 3.8) is 0 Å². The Morgan fingerprint density at radius 3 is 2.25 bits per heavy atom. The van der Waals surface area contributed by atoms with Crippen LogP contribution in [0.3, 0.4) is 0 Å². The quantitative estimate of drug-likeness (QED) is 0.0731. The van der Waals surface area contributed by atoms with E-state index in [4.69, 9.17) is 23.7 Å². The van der Waals surface area contributed by atoms with Gasteiger partial charge in [-0.1, -0.05) is 56.5 Å². The Morgan fingerprint density at radius 1 is 0.831 bits per heavy atom. The molecule has 3 aliphatic carbocycles. The van der Waals surface area contributed by atoms with Crippen molar-refractivity contribution in [2.45, 2.75) is 107 Å². The summed E-state index contributed by atoms with van der Waals surface area (Å²) in [7, 11) is 3.17. The molecule has 0 bridgehead atoms. The number of benzene rings is 4. The topological polar surface area (TPSA) is 151 Å². The Labute approximate surface area is 346 Å². The smallest absolute Gasteiger partial charge is 0.200 e. The molecule has 0 unspecified atom stereocenters. The number of nitrogens with one attached hydrogen (secondary N) is 2. The van der Waals surface area contributed by atoms with Crippen LogP contribution < -0.4 is 34.3 Å². The molecule has 0 radical (unpaired) electrons. The highest BCUT2D eigenvalue weighted by Gasteiger charge is 2.45. The summed E-state index contributed by atoms with van der Waals surface area (Å²) in [6, 6.07) is 17.7. The minimum atomic E-state index is -1.03. The van der Waals surface area contributed by atoms with Gasteiger partial charge in [0.1, 0.15) is 17.2 Å². The number of fused-ring (bicyclic) bond motifs is 2. The van der Waals surface area contributed by atoms with Crippen LogP contribution in [0.25, 0.3) is 11.1 Å². The number of methoxy groups -OCH3 is 2. The molecule has 11 nitrogen and oxygen atoms in total. The van der Waals surface area contributed by atoms with Crippen LogP contribution in [0.1, 0.15) is 116 Å². The zero-order valence-corrected chi connectivity index (χ0v) is 34.4. The maximum atomic E-state index is 12.5. The van der Waals surface area contributed by atoms with Crippen LogP contribution in [-0.2, 0) is 18.3 Å². The summed E-state index contributed by atoms with van der Waals surface area (Å²) in [6.07, 6.45) is 8.35. The van der Waals surface area contributed by atoms with E-state index in [1.807, 2.05) is 30.3 Å². The van der Waals surface area contributed by atoms with Gasteiger partial charge in [-0.3, -0.25) is 5.32 Å². The van der Waals surface area contributed by atoms with Crippen molar-refractivity contribution >= 4 is 5.69 Å². The Balaban J connectivity index is 1.07. The Kier molecular flexibility index (Phi) is 10.8. The average Bonchev–Trinajstić information content (AvgIpc) is 3.75. The van der Waals surface area contributed by atoms with E-state index in [9.17, 15) is 20.4 Å². The van der Waals surface area contributed by atoms with Gasteiger partial charge in [-0.2, -0.15) is 0 Å². The third-order valence-corrected chi connectivity index (χ3v) is 14.1. The largest absolute Gasteiger partial charge is 0.502 e. The van der Waals surface area contributed by atoms with E-state index < -0.39 is 24.0 Å². The first-order valence-corrected chi connectivity index (χ1v) is 21.6. The zero-order valence-electron chi connectivity index (χ0n) is 34.4. The molecular formula is C48H58N2O9. The number of anilines is 1. The number of aliphatic hydroxyl groups excluding tert-OH is 3. The molecule has 11 heteroatoms. The van der Waals surface area contributed by atoms with Crippen molar-refractivity contribution < 1.29 is 44.1 Å². The first-order chi connectivity index (χ1) is 28.7. The lowest BCUT2D eigenvalue weighted by Crippen LogP contribution is -2.51. The summed E-state index contributed by atoms with van der Waals surface area (Å²) in [5.74, 6) is 1.48. The van der Waals surface area contributed by atoms with Crippen molar-refractivity contribution in [1.29, 1.82) is 0 Å². The Hall–Kier alpha value is -4.68. The molecule has 5 aliphatic rings. The van der Waals surface area contributed by atoms with Crippen molar-refractivity contribution in [3.05, 3.63) is 88.0 Å². The Bertz CT molecular complexity index is 2170. The Morgan fingerprint density at radius 2 is 1.54 bits per heavy atom. The molecule has 59 heavy (non-hydrogen) atoms. The van der Waals surface area contributed by atoms with Gasteiger partial charge in [0.2, 0.25) is 5.75 Å². The highest BCUT2D eigenvalue weighted by Crippen LogP contribution is 2.58. The molecule has 0 aromatic heterocycles. The highest BCUT2D eigenvalue weighted by molar-refractivity contribution is 5.93. The third-order valence-electron chi connectivity index (χ3n) is 14.1. The number of hydrogen-bond donors (Lipinski definition) is 6. The van der Waals surface area contributed by atoms with Gasteiger partial charge in [-0.05, 0) is 73.9 Å². The van der Waals surface area contributed by atoms with E-state index in [-0.39, 0.29) is 48.4 Å². The van der Waals surface area contributed by atoms with Crippen molar-refractivity contribution in [2.75, 3.05) is 45.9 Å². The lowest BCUT2D eigenvalue weighted by Gasteiger charge is -2.42. The minimum absolute atomic E-state index is 0.0573. The summed E-state index contributed by atoms with van der Waals surface area (Å²) in [5, 5.41) is 53.4. The van der Waals surface area contributed by atoms with Crippen LogP contribution in [0, 0.1) is 5.92 Å². The molecule has 2 saturated carbocycles. The molecule has 0 amide bonds. The van der Waals surface area contributed by atoms with Crippen LogP contribution in [0.15, 0.2) is 54.6 Å². The van der Waals surface area contributed by atoms with Crippen LogP contribution in [0.4, 0.5) is 5.69 Å². The fraction of sp³-hybridized carbons (Fsp3) is 0.500. The normalized spacial score (nSPS) is 22.6. The maximum absolute atomic E-state index is 12.5. The zero-order chi connectivity index (χ0) is 40.9. The van der Waals surface area contributed by atoms with Crippen molar-refractivity contribution in [1.82, 2.24) is 5.32 Å².